The highest BCUT2D eigenvalue weighted by atomic mass is 31.2. The van der Waals surface area contributed by atoms with Crippen molar-refractivity contribution in [3.63, 3.8) is 0 Å². The molecule has 0 aliphatic heterocycles. The molecule has 13 nitrogen and oxygen atoms in total. The van der Waals surface area contributed by atoms with E-state index >= 15 is 0 Å². The molecule has 1 amide bonds. The molecule has 1 aliphatic rings. The first-order valence-corrected chi connectivity index (χ1v) is 25.9. The summed E-state index contributed by atoms with van der Waals surface area (Å²) in [6.45, 7) is 3.70. The van der Waals surface area contributed by atoms with Crippen LogP contribution in [0.5, 0.6) is 0 Å². The fraction of sp³-hybridized carbons (Fsp3) is 0.894. The molecule has 0 aromatic carbocycles. The minimum atomic E-state index is -5.14. The van der Waals surface area contributed by atoms with Crippen LogP contribution < -0.4 is 5.32 Å². The Bertz CT molecular complexity index is 1140. The Morgan fingerprint density at radius 1 is 0.574 bits per heavy atom. The van der Waals surface area contributed by atoms with E-state index in [1.807, 2.05) is 0 Å². The van der Waals surface area contributed by atoms with Crippen molar-refractivity contribution in [1.29, 1.82) is 0 Å². The van der Waals surface area contributed by atoms with Crippen LogP contribution in [0.1, 0.15) is 206 Å². The predicted molar refractivity (Wildman–Crippen MR) is 243 cm³/mol. The molecule has 0 aromatic rings. The highest BCUT2D eigenvalue weighted by Gasteiger charge is 2.51. The maximum atomic E-state index is 13.0. The van der Waals surface area contributed by atoms with Crippen LogP contribution in [-0.2, 0) is 18.4 Å². The summed E-state index contributed by atoms with van der Waals surface area (Å²) in [6.07, 6.45) is 27.2. The third-order valence-electron chi connectivity index (χ3n) is 11.8. The number of allylic oxidation sites excluding steroid dienone is 3. The van der Waals surface area contributed by atoms with Gasteiger partial charge in [0.15, 0.2) is 0 Å². The number of rotatable bonds is 40. The lowest BCUT2D eigenvalue weighted by Crippen LogP contribution is -2.64. The lowest BCUT2D eigenvalue weighted by molar-refractivity contribution is -0.220. The van der Waals surface area contributed by atoms with Gasteiger partial charge in [0, 0.05) is 0 Å². The molecule has 61 heavy (non-hydrogen) atoms. The van der Waals surface area contributed by atoms with Gasteiger partial charge in [0.25, 0.3) is 0 Å². The second-order valence-electron chi connectivity index (χ2n) is 17.5. The van der Waals surface area contributed by atoms with Gasteiger partial charge in [0.05, 0.1) is 31.3 Å². The van der Waals surface area contributed by atoms with Crippen LogP contribution in [0.3, 0.4) is 0 Å². The average molecular weight is 892 g/mol. The standard InChI is InChI=1S/C47H90NO12P/c1-3-5-7-9-11-13-15-16-17-18-19-20-21-22-23-25-26-28-30-32-34-38(49)36-41(51)48-39(40(50)35-33-31-29-27-24-14-12-10-8-6-4-2)37-59-61(57,58)60-47-45(55)43(53)42(52)44(54)46(47)56/h24,27,33,35,38-40,42-47,49-50,52-56H,3-23,25-26,28-32,34,36-37H2,1-2H3,(H,48,51)(H,57,58)/b27-24+,35-33+. The molecule has 9 N–H and O–H groups in total. The summed E-state index contributed by atoms with van der Waals surface area (Å²) in [5, 5.41) is 74.4. The van der Waals surface area contributed by atoms with E-state index < -0.39 is 75.2 Å². The zero-order valence-corrected chi connectivity index (χ0v) is 39.0. The highest BCUT2D eigenvalue weighted by Crippen LogP contribution is 2.47. The fourth-order valence-electron chi connectivity index (χ4n) is 7.79. The van der Waals surface area contributed by atoms with Crippen molar-refractivity contribution in [3.8, 4) is 0 Å². The van der Waals surface area contributed by atoms with Crippen LogP contribution in [0.4, 0.5) is 0 Å². The maximum absolute atomic E-state index is 13.0. The number of phosphoric acid groups is 1. The monoisotopic (exact) mass is 892 g/mol. The Morgan fingerprint density at radius 2 is 0.967 bits per heavy atom. The van der Waals surface area contributed by atoms with Crippen LogP contribution in [0, 0.1) is 0 Å². The van der Waals surface area contributed by atoms with Gasteiger partial charge in [0.1, 0.15) is 36.6 Å². The molecule has 0 saturated heterocycles. The van der Waals surface area contributed by atoms with Crippen molar-refractivity contribution >= 4 is 13.7 Å². The molecule has 1 aliphatic carbocycles. The van der Waals surface area contributed by atoms with Crippen molar-refractivity contribution in [3.05, 3.63) is 24.3 Å². The topological polar surface area (TPSA) is 226 Å². The molecular formula is C47H90NO12P. The molecule has 0 radical (unpaired) electrons. The SMILES string of the molecule is CCCCCCC/C=C/CC/C=C/C(O)C(COP(=O)(O)OC1C(O)C(O)C(O)C(O)C1O)NC(=O)CC(O)CCCCCCCCCCCCCCCCCCCCCC. The third kappa shape index (κ3) is 29.0. The first-order chi connectivity index (χ1) is 29.3. The highest BCUT2D eigenvalue weighted by molar-refractivity contribution is 7.47. The van der Waals surface area contributed by atoms with E-state index in [2.05, 4.69) is 31.3 Å². The lowest BCUT2D eigenvalue weighted by Gasteiger charge is -2.41. The number of carbonyl (C=O) groups is 1. The Kier molecular flexibility index (Phi) is 35.1. The number of hydrogen-bond donors (Lipinski definition) is 9. The zero-order valence-electron chi connectivity index (χ0n) is 38.1. The van der Waals surface area contributed by atoms with Crippen molar-refractivity contribution in [2.75, 3.05) is 6.61 Å². The van der Waals surface area contributed by atoms with Gasteiger partial charge >= 0.3 is 7.82 Å². The molecule has 360 valence electrons. The van der Waals surface area contributed by atoms with E-state index in [9.17, 15) is 50.0 Å². The van der Waals surface area contributed by atoms with Crippen molar-refractivity contribution in [2.45, 2.75) is 261 Å². The number of aliphatic hydroxyl groups is 7. The van der Waals surface area contributed by atoms with Crippen molar-refractivity contribution < 1.29 is 59.0 Å². The first-order valence-electron chi connectivity index (χ1n) is 24.4. The fourth-order valence-corrected chi connectivity index (χ4v) is 8.75. The predicted octanol–water partition coefficient (Wildman–Crippen LogP) is 8.37. The van der Waals surface area contributed by atoms with E-state index in [1.165, 1.54) is 134 Å². The molecule has 8 unspecified atom stereocenters. The normalized spacial score (nSPS) is 23.4. The maximum Gasteiger partial charge on any atom is 0.472 e. The van der Waals surface area contributed by atoms with Gasteiger partial charge in [-0.1, -0.05) is 192 Å². The Hall–Kier alpha value is -1.22. The number of carbonyl (C=O) groups excluding carboxylic acids is 1. The summed E-state index contributed by atoms with van der Waals surface area (Å²) in [4.78, 5) is 23.4. The Labute approximate surface area is 369 Å². The second-order valence-corrected chi connectivity index (χ2v) is 18.9. The van der Waals surface area contributed by atoms with E-state index in [4.69, 9.17) is 9.05 Å². The van der Waals surface area contributed by atoms with Gasteiger partial charge < -0.3 is 46.0 Å². The van der Waals surface area contributed by atoms with Gasteiger partial charge in [-0.2, -0.15) is 0 Å². The quantitative estimate of drug-likeness (QED) is 0.0161. The minimum absolute atomic E-state index is 0.249. The molecule has 0 aromatic heterocycles. The minimum Gasteiger partial charge on any atom is -0.393 e. The van der Waals surface area contributed by atoms with E-state index in [0.717, 1.165) is 44.9 Å². The van der Waals surface area contributed by atoms with Crippen molar-refractivity contribution in [1.82, 2.24) is 5.32 Å². The van der Waals surface area contributed by atoms with Crippen LogP contribution in [0.25, 0.3) is 0 Å². The van der Waals surface area contributed by atoms with Gasteiger partial charge in [0.2, 0.25) is 5.91 Å². The second kappa shape index (κ2) is 37.0. The molecule has 0 spiro atoms. The zero-order chi connectivity index (χ0) is 45.1. The largest absolute Gasteiger partial charge is 0.472 e. The summed E-state index contributed by atoms with van der Waals surface area (Å²) in [7, 11) is -5.14. The number of unbranched alkanes of at least 4 members (excludes halogenated alkanes) is 25. The van der Waals surface area contributed by atoms with Gasteiger partial charge in [-0.25, -0.2) is 4.57 Å². The summed E-state index contributed by atoms with van der Waals surface area (Å²) in [5.74, 6) is -0.601. The van der Waals surface area contributed by atoms with E-state index in [1.54, 1.807) is 6.08 Å². The van der Waals surface area contributed by atoms with E-state index in [0.29, 0.717) is 12.8 Å². The number of aliphatic hydroxyl groups excluding tert-OH is 7. The third-order valence-corrected chi connectivity index (χ3v) is 12.8. The molecule has 1 fully saturated rings. The van der Waals surface area contributed by atoms with Crippen molar-refractivity contribution in [2.24, 2.45) is 0 Å². The molecule has 1 rings (SSSR count). The van der Waals surface area contributed by atoms with Gasteiger partial charge in [-0.3, -0.25) is 13.8 Å². The molecule has 0 bridgehead atoms. The number of phosphoric ester groups is 1. The number of hydrogen-bond acceptors (Lipinski definition) is 11. The Morgan fingerprint density at radius 3 is 1.44 bits per heavy atom. The summed E-state index contributed by atoms with van der Waals surface area (Å²) >= 11 is 0. The molecule has 0 heterocycles. The number of amides is 1. The number of nitrogens with one attached hydrogen (secondary N) is 1. The average Bonchev–Trinajstić information content (AvgIpc) is 3.23. The molecule has 8 atom stereocenters. The summed E-state index contributed by atoms with van der Waals surface area (Å²) in [6, 6.07) is -1.25. The molecular weight excluding hydrogens is 801 g/mol. The van der Waals surface area contributed by atoms with Crippen LogP contribution in [0.2, 0.25) is 0 Å². The van der Waals surface area contributed by atoms with Crippen LogP contribution >= 0.6 is 7.82 Å². The van der Waals surface area contributed by atoms with Gasteiger partial charge in [-0.15, -0.1) is 0 Å². The van der Waals surface area contributed by atoms with Crippen LogP contribution in [-0.4, -0.2) is 108 Å². The summed E-state index contributed by atoms with van der Waals surface area (Å²) in [5.41, 5.74) is 0. The van der Waals surface area contributed by atoms with E-state index in [-0.39, 0.29) is 6.42 Å². The smallest absolute Gasteiger partial charge is 0.393 e. The van der Waals surface area contributed by atoms with Gasteiger partial charge in [-0.05, 0) is 32.1 Å². The first kappa shape index (κ1) is 57.8. The lowest BCUT2D eigenvalue weighted by atomic mass is 9.85. The summed E-state index contributed by atoms with van der Waals surface area (Å²) < 4.78 is 22.8. The molecule has 14 heteroatoms. The Balaban J connectivity index is 2.45. The van der Waals surface area contributed by atoms with Crippen LogP contribution in [0.15, 0.2) is 24.3 Å². The molecule has 1 saturated carbocycles.